The van der Waals surface area contributed by atoms with Gasteiger partial charge in [0.25, 0.3) is 5.89 Å². The van der Waals surface area contributed by atoms with Gasteiger partial charge in [-0.3, -0.25) is 4.79 Å². The van der Waals surface area contributed by atoms with Crippen LogP contribution in [0.1, 0.15) is 49.0 Å². The minimum atomic E-state index is -0.0805. The quantitative estimate of drug-likeness (QED) is 0.600. The normalized spacial score (nSPS) is 18.3. The van der Waals surface area contributed by atoms with E-state index >= 15 is 0 Å². The van der Waals surface area contributed by atoms with Gasteiger partial charge in [-0.05, 0) is 51.2 Å². The monoisotopic (exact) mass is 446 g/mol. The molecular weight excluding hydrogens is 416 g/mol. The molecule has 8 nitrogen and oxygen atoms in total. The highest BCUT2D eigenvalue weighted by Gasteiger charge is 2.33. The number of carbonyl (C=O) groups is 1. The number of rotatable bonds is 4. The molecule has 0 radical (unpaired) electrons. The molecule has 172 valence electrons. The molecule has 1 fully saturated rings. The van der Waals surface area contributed by atoms with E-state index < -0.39 is 0 Å². The van der Waals surface area contributed by atoms with Crippen LogP contribution in [0.25, 0.3) is 11.5 Å². The lowest BCUT2D eigenvalue weighted by atomic mass is 9.93. The number of nitrogens with zero attached hydrogens (tertiary/aromatic N) is 6. The van der Waals surface area contributed by atoms with Crippen LogP contribution < -0.4 is 9.80 Å². The molecular formula is C25H30N6O2. The summed E-state index contributed by atoms with van der Waals surface area (Å²) in [6.45, 7) is 8.20. The van der Waals surface area contributed by atoms with Gasteiger partial charge in [0.2, 0.25) is 5.91 Å². The Labute approximate surface area is 194 Å². The maximum absolute atomic E-state index is 13.7. The first-order valence-corrected chi connectivity index (χ1v) is 11.9. The molecule has 33 heavy (non-hydrogen) atoms. The molecule has 3 aromatic rings. The number of amides is 1. The molecule has 1 amide bonds. The van der Waals surface area contributed by atoms with Crippen molar-refractivity contribution in [3.05, 3.63) is 47.2 Å². The van der Waals surface area contributed by atoms with Gasteiger partial charge < -0.3 is 14.3 Å². The number of aromatic nitrogens is 4. The molecule has 5 rings (SSSR count). The molecule has 0 bridgehead atoms. The molecule has 0 saturated carbocycles. The van der Waals surface area contributed by atoms with Crippen LogP contribution in [0.15, 0.2) is 28.9 Å². The number of fused-ring (bicyclic) bond motifs is 1. The number of hydrogen-bond acceptors (Lipinski definition) is 7. The molecule has 8 heteroatoms. The van der Waals surface area contributed by atoms with Crippen LogP contribution in [0.2, 0.25) is 0 Å². The van der Waals surface area contributed by atoms with E-state index in [9.17, 15) is 4.79 Å². The van der Waals surface area contributed by atoms with Crippen molar-refractivity contribution in [2.24, 2.45) is 5.92 Å². The number of aryl methyl sites for hydroxylation is 4. The smallest absolute Gasteiger partial charge is 0.263 e. The Bertz CT molecular complexity index is 1170. The van der Waals surface area contributed by atoms with Crippen molar-refractivity contribution in [3.8, 4) is 11.5 Å². The summed E-state index contributed by atoms with van der Waals surface area (Å²) in [4.78, 5) is 31.4. The van der Waals surface area contributed by atoms with Crippen molar-refractivity contribution in [3.63, 3.8) is 0 Å². The molecule has 0 aliphatic carbocycles. The van der Waals surface area contributed by atoms with Gasteiger partial charge in [-0.25, -0.2) is 9.97 Å². The van der Waals surface area contributed by atoms with Gasteiger partial charge in [0.05, 0.1) is 5.92 Å². The van der Waals surface area contributed by atoms with Gasteiger partial charge in [-0.15, -0.1) is 0 Å². The van der Waals surface area contributed by atoms with Gasteiger partial charge in [0.15, 0.2) is 5.82 Å². The van der Waals surface area contributed by atoms with E-state index in [1.54, 1.807) is 6.20 Å². The van der Waals surface area contributed by atoms with E-state index in [-0.39, 0.29) is 11.8 Å². The maximum Gasteiger partial charge on any atom is 0.263 e. The van der Waals surface area contributed by atoms with E-state index in [0.717, 1.165) is 55.8 Å². The Morgan fingerprint density at radius 1 is 1.18 bits per heavy atom. The molecule has 1 aromatic carbocycles. The highest BCUT2D eigenvalue weighted by atomic mass is 16.5. The number of piperidine rings is 1. The highest BCUT2D eigenvalue weighted by molar-refractivity contribution is 5.96. The van der Waals surface area contributed by atoms with Crippen LogP contribution in [0.4, 0.5) is 11.5 Å². The Balaban J connectivity index is 1.41. The minimum absolute atomic E-state index is 0.0805. The van der Waals surface area contributed by atoms with Crippen molar-refractivity contribution in [2.75, 3.05) is 29.4 Å². The lowest BCUT2D eigenvalue weighted by molar-refractivity contribution is -0.122. The fraction of sp³-hybridized carbons (Fsp3) is 0.480. The van der Waals surface area contributed by atoms with Crippen LogP contribution in [0, 0.1) is 19.8 Å². The predicted molar refractivity (Wildman–Crippen MR) is 126 cm³/mol. The van der Waals surface area contributed by atoms with E-state index in [1.165, 1.54) is 11.1 Å². The average molecular weight is 447 g/mol. The zero-order valence-corrected chi connectivity index (χ0v) is 19.5. The van der Waals surface area contributed by atoms with Crippen molar-refractivity contribution in [1.29, 1.82) is 0 Å². The largest absolute Gasteiger partial charge is 0.355 e. The lowest BCUT2D eigenvalue weighted by Gasteiger charge is -2.37. The van der Waals surface area contributed by atoms with Crippen LogP contribution in [0.5, 0.6) is 0 Å². The minimum Gasteiger partial charge on any atom is -0.355 e. The molecule has 2 aromatic heterocycles. The Hall–Kier alpha value is -3.29. The summed E-state index contributed by atoms with van der Waals surface area (Å²) in [6, 6.07) is 6.42. The first kappa shape index (κ1) is 21.6. The molecule has 0 spiro atoms. The predicted octanol–water partition coefficient (Wildman–Crippen LogP) is 3.90. The Morgan fingerprint density at radius 3 is 2.88 bits per heavy atom. The number of benzene rings is 1. The van der Waals surface area contributed by atoms with Gasteiger partial charge in [0.1, 0.15) is 17.2 Å². The van der Waals surface area contributed by atoms with Crippen molar-refractivity contribution in [1.82, 2.24) is 20.1 Å². The second-order valence-corrected chi connectivity index (χ2v) is 9.03. The molecule has 2 aliphatic rings. The summed E-state index contributed by atoms with van der Waals surface area (Å²) in [6.07, 6.45) is 6.29. The average Bonchev–Trinajstić information content (AvgIpc) is 3.32. The topological polar surface area (TPSA) is 88.2 Å². The second-order valence-electron chi connectivity index (χ2n) is 9.03. The van der Waals surface area contributed by atoms with Crippen LogP contribution in [-0.4, -0.2) is 45.7 Å². The van der Waals surface area contributed by atoms with Gasteiger partial charge in [0, 0.05) is 37.9 Å². The summed E-state index contributed by atoms with van der Waals surface area (Å²) < 4.78 is 5.49. The van der Waals surface area contributed by atoms with Crippen molar-refractivity contribution >= 4 is 17.4 Å². The van der Waals surface area contributed by atoms with Gasteiger partial charge in [-0.2, -0.15) is 4.98 Å². The molecule has 1 atom stereocenters. The number of anilines is 2. The fourth-order valence-electron chi connectivity index (χ4n) is 4.90. The van der Waals surface area contributed by atoms with Gasteiger partial charge >= 0.3 is 0 Å². The summed E-state index contributed by atoms with van der Waals surface area (Å²) in [7, 11) is 0. The maximum atomic E-state index is 13.7. The van der Waals surface area contributed by atoms with E-state index in [4.69, 9.17) is 9.51 Å². The summed E-state index contributed by atoms with van der Waals surface area (Å²) >= 11 is 0. The Kier molecular flexibility index (Phi) is 5.83. The zero-order valence-electron chi connectivity index (χ0n) is 19.5. The van der Waals surface area contributed by atoms with Crippen LogP contribution >= 0.6 is 0 Å². The fourth-order valence-corrected chi connectivity index (χ4v) is 4.90. The second kappa shape index (κ2) is 8.92. The zero-order chi connectivity index (χ0) is 22.9. The molecule has 0 N–H and O–H groups in total. The first-order chi connectivity index (χ1) is 16.0. The third-order valence-electron chi connectivity index (χ3n) is 6.59. The number of hydrogen-bond donors (Lipinski definition) is 0. The Morgan fingerprint density at radius 2 is 2.06 bits per heavy atom. The van der Waals surface area contributed by atoms with Crippen molar-refractivity contribution < 1.29 is 9.32 Å². The highest BCUT2D eigenvalue weighted by Crippen LogP contribution is 2.34. The standard InChI is InChI=1S/C25H30N6O2/c1-4-22-28-24(33-29-22)20-14-26-17(3)27-23(20)30-11-5-8-19(15-30)25(32)31-12-6-7-18-13-16(2)9-10-21(18)31/h9-10,13-14,19H,4-8,11-12,15H2,1-3H3. The SMILES string of the molecule is CCc1noc(-c2cnc(C)nc2N2CCCC(C(=O)N3CCCc4cc(C)ccc43)C2)n1. The summed E-state index contributed by atoms with van der Waals surface area (Å²) in [5.74, 6) is 2.66. The van der Waals surface area contributed by atoms with E-state index in [2.05, 4.69) is 45.1 Å². The molecule has 1 unspecified atom stereocenters. The first-order valence-electron chi connectivity index (χ1n) is 11.9. The van der Waals surface area contributed by atoms with Crippen molar-refractivity contribution in [2.45, 2.75) is 52.9 Å². The number of carbonyl (C=O) groups excluding carboxylic acids is 1. The molecule has 2 aliphatic heterocycles. The van der Waals surface area contributed by atoms with Crippen LogP contribution in [-0.2, 0) is 17.6 Å². The van der Waals surface area contributed by atoms with E-state index in [0.29, 0.717) is 30.5 Å². The van der Waals surface area contributed by atoms with E-state index in [1.807, 2.05) is 18.7 Å². The third kappa shape index (κ3) is 4.21. The third-order valence-corrected chi connectivity index (χ3v) is 6.59. The van der Waals surface area contributed by atoms with Crippen LogP contribution in [0.3, 0.4) is 0 Å². The molecule has 4 heterocycles. The van der Waals surface area contributed by atoms with Gasteiger partial charge in [-0.1, -0.05) is 29.8 Å². The lowest BCUT2D eigenvalue weighted by Crippen LogP contribution is -2.47. The summed E-state index contributed by atoms with van der Waals surface area (Å²) in [5, 5.41) is 4.03. The summed E-state index contributed by atoms with van der Waals surface area (Å²) in [5.41, 5.74) is 4.31. The molecule has 1 saturated heterocycles.